The van der Waals surface area contributed by atoms with Gasteiger partial charge < -0.3 is 22.6 Å². The molecule has 0 saturated heterocycles. The van der Waals surface area contributed by atoms with Crippen LogP contribution in [0.15, 0.2) is 48.3 Å². The first-order valence-electron chi connectivity index (χ1n) is 8.66. The Morgan fingerprint density at radius 1 is 1.19 bits per heavy atom. The minimum Gasteiger partial charge on any atom is -0.390 e. The Bertz CT molecular complexity index is 1220. The van der Waals surface area contributed by atoms with E-state index >= 15 is 8.63 Å². The van der Waals surface area contributed by atoms with Gasteiger partial charge in [0.05, 0.1) is 0 Å². The highest BCUT2D eigenvalue weighted by Gasteiger charge is 2.50. The molecule has 2 aromatic heterocycles. The number of rotatable bonds is 2. The molecule has 0 bridgehead atoms. The van der Waals surface area contributed by atoms with E-state index in [1.54, 1.807) is 48.7 Å². The Hall–Kier alpha value is -3.22. The summed E-state index contributed by atoms with van der Waals surface area (Å²) in [5, 5.41) is 0.713. The lowest BCUT2D eigenvalue weighted by Crippen LogP contribution is -2.49. The lowest BCUT2D eigenvalue weighted by Gasteiger charge is -2.29. The number of halogens is 3. The lowest BCUT2D eigenvalue weighted by molar-refractivity contribution is -0.355. The maximum Gasteiger partial charge on any atom is 0.737 e. The smallest absolute Gasteiger partial charge is 0.390 e. The van der Waals surface area contributed by atoms with Gasteiger partial charge in [0.25, 0.3) is 0 Å². The number of hydrogen-bond acceptors (Lipinski definition) is 0. The molecule has 7 heteroatoms. The summed E-state index contributed by atoms with van der Waals surface area (Å²) in [6, 6.07) is 6.22. The fourth-order valence-corrected chi connectivity index (χ4v) is 3.86. The third-order valence-electron chi connectivity index (χ3n) is 5.16. The zero-order valence-electron chi connectivity index (χ0n) is 14.5. The Labute approximate surface area is 153 Å². The number of aromatic amines is 1. The van der Waals surface area contributed by atoms with Crippen molar-refractivity contribution in [1.29, 1.82) is 0 Å². The Morgan fingerprint density at radius 2 is 2.04 bits per heavy atom. The summed E-state index contributed by atoms with van der Waals surface area (Å²) in [7, 11) is 0. The highest BCUT2D eigenvalue weighted by atomic mass is 19.2. The van der Waals surface area contributed by atoms with Gasteiger partial charge in [0.2, 0.25) is 0 Å². The second-order valence-corrected chi connectivity index (χ2v) is 6.85. The quantitative estimate of drug-likeness (QED) is 0.630. The summed E-state index contributed by atoms with van der Waals surface area (Å²) in [5.41, 5.74) is 3.74. The van der Waals surface area contributed by atoms with E-state index < -0.39 is 6.97 Å². The third kappa shape index (κ3) is 2.27. The lowest BCUT2D eigenvalue weighted by atomic mass is 9.91. The summed E-state index contributed by atoms with van der Waals surface area (Å²) >= 11 is 0. The van der Waals surface area contributed by atoms with Crippen molar-refractivity contribution in [2.75, 3.05) is 0 Å². The molecular weight excluding hydrogens is 350 g/mol. The number of nitrogens with one attached hydrogen (secondary N) is 1. The van der Waals surface area contributed by atoms with Crippen LogP contribution in [0.5, 0.6) is 0 Å². The average Bonchev–Trinajstić information content (AvgIpc) is 3.32. The van der Waals surface area contributed by atoms with Gasteiger partial charge in [-0.3, -0.25) is 0 Å². The van der Waals surface area contributed by atoms with Crippen LogP contribution in [0.4, 0.5) is 13.0 Å². The number of hydrogen-bond donors (Lipinski definition) is 1. The molecule has 1 aromatic carbocycles. The highest BCUT2D eigenvalue weighted by molar-refractivity contribution is 6.58. The summed E-state index contributed by atoms with van der Waals surface area (Å²) in [4.78, 5) is 3.07. The van der Waals surface area contributed by atoms with Crippen LogP contribution >= 0.6 is 0 Å². The van der Waals surface area contributed by atoms with Gasteiger partial charge in [0.1, 0.15) is 12.0 Å². The minimum atomic E-state index is -3.97. The Kier molecular flexibility index (Phi) is 3.19. The van der Waals surface area contributed by atoms with Crippen LogP contribution < -0.4 is 0 Å². The van der Waals surface area contributed by atoms with Crippen molar-refractivity contribution in [2.45, 2.75) is 6.92 Å². The van der Waals surface area contributed by atoms with Gasteiger partial charge in [0.15, 0.2) is 5.70 Å². The molecule has 0 radical (unpaired) electrons. The number of H-pyrrole nitrogens is 1. The van der Waals surface area contributed by atoms with Gasteiger partial charge in [-0.2, -0.15) is 0 Å². The van der Waals surface area contributed by atoms with Crippen molar-refractivity contribution >= 4 is 42.3 Å². The van der Waals surface area contributed by atoms with Gasteiger partial charge in [-0.05, 0) is 48.4 Å². The van der Waals surface area contributed by atoms with Gasteiger partial charge in [-0.15, -0.1) is 0 Å². The molecule has 1 N–H and O–H groups in total. The molecule has 0 aliphatic carbocycles. The molecule has 134 valence electrons. The van der Waals surface area contributed by atoms with Gasteiger partial charge in [-0.1, -0.05) is 6.08 Å². The SMILES string of the molecule is Cc1cc(C=Cc2c[nH]c3ccc(F)cc23)n2c1C=C1C=CC=[N+]1[B-]2(F)F. The van der Waals surface area contributed by atoms with Crippen molar-refractivity contribution in [3.8, 4) is 0 Å². The molecule has 27 heavy (non-hydrogen) atoms. The van der Waals surface area contributed by atoms with Gasteiger partial charge >= 0.3 is 6.97 Å². The summed E-state index contributed by atoms with van der Waals surface area (Å²) in [5.74, 6) is -0.336. The first-order valence-corrected chi connectivity index (χ1v) is 8.66. The summed E-state index contributed by atoms with van der Waals surface area (Å²) in [6.45, 7) is -2.15. The van der Waals surface area contributed by atoms with Crippen molar-refractivity contribution in [3.63, 3.8) is 0 Å². The molecule has 3 aromatic rings. The average molecular weight is 365 g/mol. The number of aromatic nitrogens is 2. The highest BCUT2D eigenvalue weighted by Crippen LogP contribution is 2.34. The molecule has 0 unspecified atom stereocenters. The molecule has 5 rings (SSSR count). The normalized spacial score (nSPS) is 17.3. The second-order valence-electron chi connectivity index (χ2n) is 6.85. The topological polar surface area (TPSA) is 23.7 Å². The van der Waals surface area contributed by atoms with Crippen LogP contribution in [0.25, 0.3) is 29.1 Å². The van der Waals surface area contributed by atoms with E-state index in [1.807, 2.05) is 6.92 Å². The van der Waals surface area contributed by atoms with Crippen molar-refractivity contribution in [2.24, 2.45) is 0 Å². The zero-order valence-corrected chi connectivity index (χ0v) is 14.5. The van der Waals surface area contributed by atoms with E-state index in [4.69, 9.17) is 0 Å². The second kappa shape index (κ2) is 5.39. The Balaban J connectivity index is 1.63. The summed E-state index contributed by atoms with van der Waals surface area (Å²) < 4.78 is 46.0. The first-order chi connectivity index (χ1) is 12.9. The van der Waals surface area contributed by atoms with E-state index in [0.29, 0.717) is 22.5 Å². The predicted molar refractivity (Wildman–Crippen MR) is 103 cm³/mol. The molecule has 0 amide bonds. The number of aryl methyl sites for hydroxylation is 1. The van der Waals surface area contributed by atoms with Crippen LogP contribution in [0, 0.1) is 12.7 Å². The van der Waals surface area contributed by atoms with Crippen LogP contribution in [-0.2, 0) is 0 Å². The first kappa shape index (κ1) is 16.0. The molecule has 2 aliphatic heterocycles. The zero-order chi connectivity index (χ0) is 18.8. The van der Waals surface area contributed by atoms with E-state index in [9.17, 15) is 4.39 Å². The number of fused-ring (bicyclic) bond motifs is 3. The van der Waals surface area contributed by atoms with Crippen LogP contribution in [0.2, 0.25) is 0 Å². The van der Waals surface area contributed by atoms with E-state index in [-0.39, 0.29) is 5.82 Å². The van der Waals surface area contributed by atoms with Crippen molar-refractivity contribution in [3.05, 3.63) is 76.6 Å². The summed E-state index contributed by atoms with van der Waals surface area (Å²) in [6.07, 6.45) is 11.6. The van der Waals surface area contributed by atoms with Gasteiger partial charge in [-0.25, -0.2) is 4.39 Å². The van der Waals surface area contributed by atoms with Crippen LogP contribution in [0.1, 0.15) is 22.5 Å². The Morgan fingerprint density at radius 3 is 2.89 bits per heavy atom. The fourth-order valence-electron chi connectivity index (χ4n) is 3.86. The molecule has 0 spiro atoms. The monoisotopic (exact) mass is 365 g/mol. The minimum absolute atomic E-state index is 0.336. The number of benzene rings is 1. The van der Waals surface area contributed by atoms with E-state index in [2.05, 4.69) is 4.98 Å². The molecular formula is C20H15BF3N3. The van der Waals surface area contributed by atoms with Crippen molar-refractivity contribution in [1.82, 2.24) is 9.46 Å². The van der Waals surface area contributed by atoms with Crippen molar-refractivity contribution < 1.29 is 17.5 Å². The molecule has 0 atom stereocenters. The largest absolute Gasteiger partial charge is 0.737 e. The molecule has 2 aliphatic rings. The molecule has 3 nitrogen and oxygen atoms in total. The van der Waals surface area contributed by atoms with Gasteiger partial charge in [0, 0.05) is 46.7 Å². The fraction of sp³-hybridized carbons (Fsp3) is 0.0500. The number of allylic oxidation sites excluding steroid dienone is 2. The molecule has 0 saturated carbocycles. The standard InChI is InChI=1S/C20H15BF3N3/c1-13-9-17(6-4-14-12-25-19-7-5-15(22)10-18(14)19)27-20(13)11-16-3-2-8-26(16)21(27,23)24/h2-12,25H,1H3. The van der Waals surface area contributed by atoms with E-state index in [0.717, 1.165) is 25.6 Å². The van der Waals surface area contributed by atoms with Crippen LogP contribution in [0.3, 0.4) is 0 Å². The van der Waals surface area contributed by atoms with Crippen LogP contribution in [-0.4, -0.2) is 27.1 Å². The van der Waals surface area contributed by atoms with E-state index in [1.165, 1.54) is 18.3 Å². The molecule has 0 fully saturated rings. The maximum atomic E-state index is 15.1. The predicted octanol–water partition coefficient (Wildman–Crippen LogP) is 4.82. The molecule has 4 heterocycles. The maximum absolute atomic E-state index is 15.1. The number of nitrogens with zero attached hydrogens (tertiary/aromatic N) is 2. The third-order valence-corrected chi connectivity index (χ3v) is 5.16.